The Morgan fingerprint density at radius 3 is 1.35 bits per heavy atom. The zero-order valence-electron chi connectivity index (χ0n) is 12.2. The molecule has 2 nitrogen and oxygen atoms in total. The molecule has 2 aromatic carbocycles. The molecule has 0 unspecified atom stereocenters. The Balaban J connectivity index is 2.02. The van der Waals surface area contributed by atoms with Gasteiger partial charge in [0.2, 0.25) is 0 Å². The maximum absolute atomic E-state index is 2.39. The fraction of sp³-hybridized carbons (Fsp3) is 0.176. The average molecular weight is 262 g/mol. The van der Waals surface area contributed by atoms with Crippen molar-refractivity contribution in [2.24, 2.45) is 0 Å². The highest BCUT2D eigenvalue weighted by Gasteiger charge is 2.36. The van der Waals surface area contributed by atoms with Crippen molar-refractivity contribution in [1.82, 2.24) is 0 Å². The van der Waals surface area contributed by atoms with Crippen LogP contribution in [0, 0.1) is 0 Å². The van der Waals surface area contributed by atoms with Crippen LogP contribution in [0.25, 0.3) is 0 Å². The summed E-state index contributed by atoms with van der Waals surface area (Å²) in [6, 6.07) is 21.2. The zero-order chi connectivity index (χ0) is 14.1. The lowest BCUT2D eigenvalue weighted by molar-refractivity contribution is 1.19. The average Bonchev–Trinajstić information content (AvgIpc) is 2.71. The minimum atomic E-state index is 0.291. The molecule has 0 aliphatic carbocycles. The van der Waals surface area contributed by atoms with E-state index in [4.69, 9.17) is 0 Å². The summed E-state index contributed by atoms with van der Waals surface area (Å²) >= 11 is 0. The van der Waals surface area contributed by atoms with E-state index >= 15 is 0 Å². The number of hydrogen-bond donors (Lipinski definition) is 0. The molecular weight excluding hydrogens is 243 g/mol. The first kappa shape index (κ1) is 12.9. The number of nitrogens with zero attached hydrogens (tertiary/aromatic N) is 2. The van der Waals surface area contributed by atoms with Gasteiger partial charge < -0.3 is 9.62 Å². The third-order valence-corrected chi connectivity index (χ3v) is 4.06. The van der Waals surface area contributed by atoms with Crippen molar-refractivity contribution < 1.29 is 0 Å². The lowest BCUT2D eigenvalue weighted by atomic mass is 9.75. The van der Waals surface area contributed by atoms with Crippen molar-refractivity contribution in [2.45, 2.75) is 20.7 Å². The van der Waals surface area contributed by atoms with E-state index in [0.717, 1.165) is 0 Å². The molecule has 0 amide bonds. The molecule has 0 saturated carbocycles. The molecule has 2 aromatic rings. The van der Waals surface area contributed by atoms with Gasteiger partial charge in [-0.25, -0.2) is 0 Å². The summed E-state index contributed by atoms with van der Waals surface area (Å²) in [5.74, 6) is 0. The number of benzene rings is 2. The molecular formula is C17H19BN2. The van der Waals surface area contributed by atoms with E-state index in [1.165, 1.54) is 22.8 Å². The molecule has 20 heavy (non-hydrogen) atoms. The van der Waals surface area contributed by atoms with Crippen LogP contribution in [0.3, 0.4) is 0 Å². The molecule has 3 heteroatoms. The van der Waals surface area contributed by atoms with Gasteiger partial charge in [0.15, 0.2) is 0 Å². The maximum Gasteiger partial charge on any atom is 0.381 e. The van der Waals surface area contributed by atoms with E-state index in [0.29, 0.717) is 6.98 Å². The molecule has 0 radical (unpaired) electrons. The van der Waals surface area contributed by atoms with Gasteiger partial charge in [-0.1, -0.05) is 36.4 Å². The highest BCUT2D eigenvalue weighted by atomic mass is 15.3. The van der Waals surface area contributed by atoms with Gasteiger partial charge in [0.05, 0.1) is 0 Å². The van der Waals surface area contributed by atoms with Crippen LogP contribution in [0.1, 0.15) is 13.8 Å². The smallest absolute Gasteiger partial charge is 0.368 e. The molecule has 0 aromatic heterocycles. The summed E-state index contributed by atoms with van der Waals surface area (Å²) in [6.45, 7) is 6.93. The molecule has 3 rings (SSSR count). The van der Waals surface area contributed by atoms with Crippen LogP contribution < -0.4 is 9.62 Å². The predicted octanol–water partition coefficient (Wildman–Crippen LogP) is 4.38. The topological polar surface area (TPSA) is 6.48 Å². The summed E-state index contributed by atoms with van der Waals surface area (Å²) in [6.07, 6.45) is 0. The van der Waals surface area contributed by atoms with Gasteiger partial charge in [-0.3, -0.25) is 0 Å². The molecule has 1 aliphatic rings. The Morgan fingerprint density at radius 2 is 1.00 bits per heavy atom. The monoisotopic (exact) mass is 262 g/mol. The second-order valence-electron chi connectivity index (χ2n) is 5.21. The summed E-state index contributed by atoms with van der Waals surface area (Å²) in [7, 11) is 0. The molecule has 0 saturated heterocycles. The van der Waals surface area contributed by atoms with Crippen LogP contribution in [-0.4, -0.2) is 6.98 Å². The highest BCUT2D eigenvalue weighted by molar-refractivity contribution is 6.68. The Hall–Kier alpha value is -2.16. The van der Waals surface area contributed by atoms with Crippen molar-refractivity contribution in [1.29, 1.82) is 0 Å². The highest BCUT2D eigenvalue weighted by Crippen LogP contribution is 2.35. The van der Waals surface area contributed by atoms with Gasteiger partial charge >= 0.3 is 6.98 Å². The Morgan fingerprint density at radius 1 is 0.650 bits per heavy atom. The van der Waals surface area contributed by atoms with Crippen LogP contribution in [0.2, 0.25) is 6.82 Å². The van der Waals surface area contributed by atoms with E-state index in [1.54, 1.807) is 0 Å². The van der Waals surface area contributed by atoms with Gasteiger partial charge in [0.1, 0.15) is 0 Å². The molecule has 0 fully saturated rings. The largest absolute Gasteiger partial charge is 0.381 e. The number of anilines is 2. The molecule has 0 atom stereocenters. The van der Waals surface area contributed by atoms with Crippen molar-refractivity contribution >= 4 is 18.4 Å². The molecule has 0 bridgehead atoms. The molecule has 1 heterocycles. The van der Waals surface area contributed by atoms with Crippen molar-refractivity contribution in [3.05, 3.63) is 72.1 Å². The Bertz CT molecular complexity index is 566. The molecule has 0 spiro atoms. The Kier molecular flexibility index (Phi) is 3.27. The first-order valence-corrected chi connectivity index (χ1v) is 7.06. The van der Waals surface area contributed by atoms with Crippen molar-refractivity contribution in [3.8, 4) is 0 Å². The fourth-order valence-corrected chi connectivity index (χ4v) is 3.02. The number of rotatable bonds is 2. The summed E-state index contributed by atoms with van der Waals surface area (Å²) < 4.78 is 0. The lowest BCUT2D eigenvalue weighted by Crippen LogP contribution is -2.42. The number of allylic oxidation sites excluding steroid dienone is 2. The van der Waals surface area contributed by atoms with Crippen molar-refractivity contribution in [3.63, 3.8) is 0 Å². The van der Waals surface area contributed by atoms with E-state index in [1.807, 2.05) is 0 Å². The molecule has 100 valence electrons. The maximum atomic E-state index is 2.39. The zero-order valence-corrected chi connectivity index (χ0v) is 12.2. The minimum absolute atomic E-state index is 0.291. The normalized spacial score (nSPS) is 15.2. The van der Waals surface area contributed by atoms with Crippen LogP contribution in [0.15, 0.2) is 72.1 Å². The second kappa shape index (κ2) is 5.08. The van der Waals surface area contributed by atoms with Gasteiger partial charge in [-0.2, -0.15) is 0 Å². The lowest BCUT2D eigenvalue weighted by Gasteiger charge is -2.28. The first-order chi connectivity index (χ1) is 9.70. The third-order valence-electron chi connectivity index (χ3n) is 4.06. The van der Waals surface area contributed by atoms with E-state index in [9.17, 15) is 0 Å². The van der Waals surface area contributed by atoms with Gasteiger partial charge in [-0.05, 0) is 44.9 Å². The number of para-hydroxylation sites is 2. The minimum Gasteiger partial charge on any atom is -0.368 e. The number of hydrogen-bond acceptors (Lipinski definition) is 2. The van der Waals surface area contributed by atoms with E-state index in [-0.39, 0.29) is 0 Å². The SMILES string of the molecule is CB1N(c2ccccc2)C(C)=C(C)N1c1ccccc1. The first-order valence-electron chi connectivity index (χ1n) is 7.06. The van der Waals surface area contributed by atoms with Gasteiger partial charge in [0.25, 0.3) is 0 Å². The Labute approximate surface area is 121 Å². The summed E-state index contributed by atoms with van der Waals surface area (Å²) in [5.41, 5.74) is 5.12. The summed E-state index contributed by atoms with van der Waals surface area (Å²) in [4.78, 5) is 4.78. The van der Waals surface area contributed by atoms with Gasteiger partial charge in [-0.15, -0.1) is 0 Å². The molecule has 0 N–H and O–H groups in total. The van der Waals surface area contributed by atoms with E-state index < -0.39 is 0 Å². The predicted molar refractivity (Wildman–Crippen MR) is 87.8 cm³/mol. The van der Waals surface area contributed by atoms with E-state index in [2.05, 4.69) is 91.0 Å². The van der Waals surface area contributed by atoms with Gasteiger partial charge in [0, 0.05) is 22.8 Å². The van der Waals surface area contributed by atoms with Crippen LogP contribution in [0.4, 0.5) is 11.4 Å². The van der Waals surface area contributed by atoms with Crippen LogP contribution in [-0.2, 0) is 0 Å². The second-order valence-corrected chi connectivity index (χ2v) is 5.21. The van der Waals surface area contributed by atoms with Crippen LogP contribution >= 0.6 is 0 Å². The standard InChI is InChI=1S/C17H19BN2/c1-14-15(2)20(17-12-8-5-9-13-17)18(3)19(14)16-10-6-4-7-11-16/h4-13H,1-3H3. The quantitative estimate of drug-likeness (QED) is 0.741. The fourth-order valence-electron chi connectivity index (χ4n) is 3.02. The van der Waals surface area contributed by atoms with Crippen LogP contribution in [0.5, 0.6) is 0 Å². The van der Waals surface area contributed by atoms with Crippen molar-refractivity contribution in [2.75, 3.05) is 9.62 Å². The molecule has 1 aliphatic heterocycles. The summed E-state index contributed by atoms with van der Waals surface area (Å²) in [5, 5.41) is 0. The third kappa shape index (κ3) is 1.99.